The lowest BCUT2D eigenvalue weighted by molar-refractivity contribution is -0.384. The van der Waals surface area contributed by atoms with Gasteiger partial charge in [-0.05, 0) is 12.1 Å². The summed E-state index contributed by atoms with van der Waals surface area (Å²) in [7, 11) is 1.46. The summed E-state index contributed by atoms with van der Waals surface area (Å²) >= 11 is 0. The van der Waals surface area contributed by atoms with Crippen LogP contribution in [0.5, 0.6) is 0 Å². The van der Waals surface area contributed by atoms with Crippen LogP contribution < -0.4 is 16.4 Å². The van der Waals surface area contributed by atoms with E-state index in [9.17, 15) is 19.7 Å². The van der Waals surface area contributed by atoms with E-state index in [4.69, 9.17) is 5.73 Å². The summed E-state index contributed by atoms with van der Waals surface area (Å²) in [5.74, 6) is -0.870. The number of anilines is 1. The van der Waals surface area contributed by atoms with Crippen molar-refractivity contribution in [3.05, 3.63) is 33.9 Å². The Bertz CT molecular complexity index is 515. The second-order valence-electron chi connectivity index (χ2n) is 3.71. The van der Waals surface area contributed by atoms with Crippen LogP contribution >= 0.6 is 0 Å². The smallest absolute Gasteiger partial charge is 0.292 e. The molecule has 8 nitrogen and oxygen atoms in total. The Hall–Kier alpha value is -2.64. The van der Waals surface area contributed by atoms with Gasteiger partial charge in [-0.25, -0.2) is 0 Å². The molecular weight excluding hydrogens is 252 g/mol. The normalized spacial score (nSPS) is 9.74. The number of primary amides is 1. The van der Waals surface area contributed by atoms with Gasteiger partial charge in [-0.2, -0.15) is 0 Å². The molecule has 8 heteroatoms. The van der Waals surface area contributed by atoms with Crippen molar-refractivity contribution in [1.29, 1.82) is 0 Å². The maximum Gasteiger partial charge on any atom is 0.292 e. The second-order valence-corrected chi connectivity index (χ2v) is 3.71. The number of rotatable bonds is 6. The van der Waals surface area contributed by atoms with Crippen molar-refractivity contribution in [2.75, 3.05) is 18.9 Å². The van der Waals surface area contributed by atoms with Gasteiger partial charge in [0.25, 0.3) is 11.6 Å². The fraction of sp³-hybridized carbons (Fsp3) is 0.273. The number of nitro benzene ring substituents is 1. The van der Waals surface area contributed by atoms with Crippen LogP contribution in [0.2, 0.25) is 0 Å². The van der Waals surface area contributed by atoms with Crippen molar-refractivity contribution in [3.8, 4) is 0 Å². The molecule has 19 heavy (non-hydrogen) atoms. The highest BCUT2D eigenvalue weighted by molar-refractivity contribution is 5.95. The SMILES string of the molecule is CNC(=O)c1ccc([N+](=O)[O-])c(NCCC(N)=O)c1. The average Bonchev–Trinajstić information content (AvgIpc) is 2.37. The first-order chi connectivity index (χ1) is 8.95. The summed E-state index contributed by atoms with van der Waals surface area (Å²) in [5, 5.41) is 16.0. The van der Waals surface area contributed by atoms with Gasteiger partial charge < -0.3 is 16.4 Å². The molecule has 0 aliphatic rings. The van der Waals surface area contributed by atoms with Gasteiger partial charge in [0, 0.05) is 31.6 Å². The molecule has 102 valence electrons. The van der Waals surface area contributed by atoms with Gasteiger partial charge in [-0.15, -0.1) is 0 Å². The van der Waals surface area contributed by atoms with E-state index < -0.39 is 10.8 Å². The molecular formula is C11H14N4O4. The number of carbonyl (C=O) groups excluding carboxylic acids is 2. The molecule has 0 aliphatic heterocycles. The Labute approximate surface area is 109 Å². The van der Waals surface area contributed by atoms with Crippen LogP contribution in [0.3, 0.4) is 0 Å². The molecule has 0 saturated carbocycles. The van der Waals surface area contributed by atoms with Crippen LogP contribution in [0.1, 0.15) is 16.8 Å². The van der Waals surface area contributed by atoms with E-state index in [2.05, 4.69) is 10.6 Å². The van der Waals surface area contributed by atoms with Crippen molar-refractivity contribution in [1.82, 2.24) is 5.32 Å². The summed E-state index contributed by atoms with van der Waals surface area (Å²) in [4.78, 5) is 32.3. The van der Waals surface area contributed by atoms with E-state index in [0.29, 0.717) is 0 Å². The van der Waals surface area contributed by atoms with E-state index in [-0.39, 0.29) is 35.8 Å². The maximum atomic E-state index is 11.4. The fourth-order valence-corrected chi connectivity index (χ4v) is 1.44. The number of amides is 2. The first kappa shape index (κ1) is 14.4. The largest absolute Gasteiger partial charge is 0.379 e. The van der Waals surface area contributed by atoms with Gasteiger partial charge in [0.1, 0.15) is 5.69 Å². The molecule has 0 heterocycles. The molecule has 0 radical (unpaired) electrons. The lowest BCUT2D eigenvalue weighted by atomic mass is 10.1. The van der Waals surface area contributed by atoms with Gasteiger partial charge in [0.15, 0.2) is 0 Å². The molecule has 0 aliphatic carbocycles. The van der Waals surface area contributed by atoms with Crippen molar-refractivity contribution in [2.24, 2.45) is 5.73 Å². The molecule has 0 bridgehead atoms. The van der Waals surface area contributed by atoms with Crippen LogP contribution in [0.15, 0.2) is 18.2 Å². The molecule has 0 unspecified atom stereocenters. The minimum Gasteiger partial charge on any atom is -0.379 e. The van der Waals surface area contributed by atoms with E-state index in [1.807, 2.05) is 0 Å². The van der Waals surface area contributed by atoms with Crippen molar-refractivity contribution >= 4 is 23.2 Å². The zero-order valence-corrected chi connectivity index (χ0v) is 10.3. The molecule has 1 rings (SSSR count). The molecule has 0 fully saturated rings. The van der Waals surface area contributed by atoms with Crippen LogP contribution in [-0.2, 0) is 4.79 Å². The number of hydrogen-bond donors (Lipinski definition) is 3. The number of hydrogen-bond acceptors (Lipinski definition) is 5. The van der Waals surface area contributed by atoms with Gasteiger partial charge >= 0.3 is 0 Å². The lowest BCUT2D eigenvalue weighted by Crippen LogP contribution is -2.19. The molecule has 0 atom stereocenters. The number of benzene rings is 1. The molecule has 1 aromatic rings. The van der Waals surface area contributed by atoms with Gasteiger partial charge in [0.05, 0.1) is 4.92 Å². The fourth-order valence-electron chi connectivity index (χ4n) is 1.44. The summed E-state index contributed by atoms with van der Waals surface area (Å²) < 4.78 is 0. The highest BCUT2D eigenvalue weighted by atomic mass is 16.6. The summed E-state index contributed by atoms with van der Waals surface area (Å²) in [6.07, 6.45) is 0.0430. The monoisotopic (exact) mass is 266 g/mol. The summed E-state index contributed by atoms with van der Waals surface area (Å²) in [5.41, 5.74) is 5.27. The Morgan fingerprint density at radius 3 is 2.63 bits per heavy atom. The van der Waals surface area contributed by atoms with E-state index in [0.717, 1.165) is 0 Å². The van der Waals surface area contributed by atoms with E-state index >= 15 is 0 Å². The third kappa shape index (κ3) is 3.95. The summed E-state index contributed by atoms with van der Waals surface area (Å²) in [6.45, 7) is 0.160. The number of nitro groups is 1. The van der Waals surface area contributed by atoms with Crippen molar-refractivity contribution in [2.45, 2.75) is 6.42 Å². The second kappa shape index (κ2) is 6.34. The highest BCUT2D eigenvalue weighted by Gasteiger charge is 2.16. The standard InChI is InChI=1S/C11H14N4O4/c1-13-11(17)7-2-3-9(15(18)19)8(6-7)14-5-4-10(12)16/h2-3,6,14H,4-5H2,1H3,(H2,12,16)(H,13,17). The lowest BCUT2D eigenvalue weighted by Gasteiger charge is -2.08. The number of nitrogens with zero attached hydrogens (tertiary/aromatic N) is 1. The Kier molecular flexibility index (Phi) is 4.81. The third-order valence-electron chi connectivity index (χ3n) is 2.37. The minimum absolute atomic E-state index is 0.0430. The van der Waals surface area contributed by atoms with Gasteiger partial charge in [-0.1, -0.05) is 0 Å². The number of nitrogens with two attached hydrogens (primary N) is 1. The Morgan fingerprint density at radius 1 is 1.42 bits per heavy atom. The molecule has 4 N–H and O–H groups in total. The first-order valence-electron chi connectivity index (χ1n) is 5.48. The Balaban J connectivity index is 2.98. The third-order valence-corrected chi connectivity index (χ3v) is 2.37. The van der Waals surface area contributed by atoms with E-state index in [1.165, 1.54) is 25.2 Å². The predicted molar refractivity (Wildman–Crippen MR) is 68.8 cm³/mol. The molecule has 0 saturated heterocycles. The molecule has 2 amide bonds. The van der Waals surface area contributed by atoms with Gasteiger partial charge in [0.2, 0.25) is 5.91 Å². The van der Waals surface area contributed by atoms with Crippen LogP contribution in [0, 0.1) is 10.1 Å². The zero-order valence-electron chi connectivity index (χ0n) is 10.3. The van der Waals surface area contributed by atoms with Crippen LogP contribution in [-0.4, -0.2) is 30.3 Å². The molecule has 0 spiro atoms. The van der Waals surface area contributed by atoms with Gasteiger partial charge in [-0.3, -0.25) is 19.7 Å². The minimum atomic E-state index is -0.569. The summed E-state index contributed by atoms with van der Waals surface area (Å²) in [6, 6.07) is 3.95. The predicted octanol–water partition coefficient (Wildman–Crippen LogP) is 0.242. The Morgan fingerprint density at radius 2 is 2.11 bits per heavy atom. The average molecular weight is 266 g/mol. The highest BCUT2D eigenvalue weighted by Crippen LogP contribution is 2.25. The zero-order chi connectivity index (χ0) is 14.4. The van der Waals surface area contributed by atoms with Crippen molar-refractivity contribution in [3.63, 3.8) is 0 Å². The number of nitrogens with one attached hydrogen (secondary N) is 2. The topological polar surface area (TPSA) is 127 Å². The van der Waals surface area contributed by atoms with Crippen LogP contribution in [0.4, 0.5) is 11.4 Å². The number of carbonyl (C=O) groups is 2. The van der Waals surface area contributed by atoms with Crippen LogP contribution in [0.25, 0.3) is 0 Å². The quantitative estimate of drug-likeness (QED) is 0.502. The molecule has 0 aromatic heterocycles. The van der Waals surface area contributed by atoms with E-state index in [1.54, 1.807) is 0 Å². The first-order valence-corrected chi connectivity index (χ1v) is 5.48. The van der Waals surface area contributed by atoms with Crippen molar-refractivity contribution < 1.29 is 14.5 Å². The molecule has 1 aromatic carbocycles. The maximum absolute atomic E-state index is 11.4.